The summed E-state index contributed by atoms with van der Waals surface area (Å²) in [6, 6.07) is 11.9. The third-order valence-corrected chi connectivity index (χ3v) is 10.7. The summed E-state index contributed by atoms with van der Waals surface area (Å²) in [7, 11) is 0. The SMILES string of the molecule is C[C@@H](N[C@H](C)[C@H]1CC[C@H]2[C@@H]3CC[C@@H]4C[C@](C)(O)CC[C@@H]4[C@H]3CC[C@]12C)c1ccccc1. The van der Waals surface area contributed by atoms with Crippen LogP contribution in [-0.2, 0) is 0 Å². The highest BCUT2D eigenvalue weighted by Crippen LogP contribution is 2.65. The van der Waals surface area contributed by atoms with Crippen LogP contribution >= 0.6 is 0 Å². The molecule has 0 aromatic heterocycles. The Labute approximate surface area is 190 Å². The lowest BCUT2D eigenvalue weighted by Gasteiger charge is -2.57. The highest BCUT2D eigenvalue weighted by Gasteiger charge is 2.58. The van der Waals surface area contributed by atoms with Crippen LogP contribution in [-0.4, -0.2) is 16.7 Å². The highest BCUT2D eigenvalue weighted by atomic mass is 16.3. The lowest BCUT2D eigenvalue weighted by atomic mass is 9.49. The van der Waals surface area contributed by atoms with E-state index in [0.717, 1.165) is 48.3 Å². The van der Waals surface area contributed by atoms with Crippen molar-refractivity contribution in [2.45, 2.75) is 103 Å². The molecule has 4 aliphatic carbocycles. The Hall–Kier alpha value is -0.860. The quantitative estimate of drug-likeness (QED) is 0.561. The van der Waals surface area contributed by atoms with E-state index in [-0.39, 0.29) is 0 Å². The fourth-order valence-corrected chi connectivity index (χ4v) is 9.29. The fourth-order valence-electron chi connectivity index (χ4n) is 9.29. The van der Waals surface area contributed by atoms with Gasteiger partial charge in [-0.2, -0.15) is 0 Å². The van der Waals surface area contributed by atoms with E-state index in [1.165, 1.54) is 50.5 Å². The number of hydrogen-bond acceptors (Lipinski definition) is 2. The van der Waals surface area contributed by atoms with Crippen LogP contribution in [0.1, 0.15) is 97.1 Å². The molecule has 2 nitrogen and oxygen atoms in total. The van der Waals surface area contributed by atoms with Gasteiger partial charge in [-0.05, 0) is 125 Å². The number of fused-ring (bicyclic) bond motifs is 5. The van der Waals surface area contributed by atoms with Crippen molar-refractivity contribution in [3.05, 3.63) is 35.9 Å². The van der Waals surface area contributed by atoms with Gasteiger partial charge in [0.25, 0.3) is 0 Å². The van der Waals surface area contributed by atoms with Crippen molar-refractivity contribution < 1.29 is 5.11 Å². The zero-order chi connectivity index (χ0) is 21.8. The molecule has 0 radical (unpaired) electrons. The van der Waals surface area contributed by atoms with Crippen molar-refractivity contribution in [2.75, 3.05) is 0 Å². The van der Waals surface area contributed by atoms with Crippen molar-refractivity contribution in [1.82, 2.24) is 5.32 Å². The molecule has 0 aliphatic heterocycles. The Morgan fingerprint density at radius 1 is 0.871 bits per heavy atom. The van der Waals surface area contributed by atoms with Crippen LogP contribution < -0.4 is 5.32 Å². The summed E-state index contributed by atoms with van der Waals surface area (Å²) in [5.74, 6) is 5.31. The van der Waals surface area contributed by atoms with Crippen molar-refractivity contribution in [2.24, 2.45) is 40.9 Å². The molecular weight excluding hydrogens is 378 g/mol. The van der Waals surface area contributed by atoms with Crippen LogP contribution in [0.25, 0.3) is 0 Å². The predicted octanol–water partition coefficient (Wildman–Crippen LogP) is 6.75. The lowest BCUT2D eigenvalue weighted by Crippen LogP contribution is -2.52. The zero-order valence-corrected chi connectivity index (χ0v) is 20.3. The number of benzene rings is 1. The Balaban J connectivity index is 1.28. The summed E-state index contributed by atoms with van der Waals surface area (Å²) in [5, 5.41) is 14.6. The first-order valence-electron chi connectivity index (χ1n) is 13.3. The predicted molar refractivity (Wildman–Crippen MR) is 129 cm³/mol. The average Bonchev–Trinajstić information content (AvgIpc) is 3.10. The number of nitrogens with one attached hydrogen (secondary N) is 1. The largest absolute Gasteiger partial charge is 0.390 e. The van der Waals surface area contributed by atoms with Gasteiger partial charge in [0.05, 0.1) is 5.60 Å². The van der Waals surface area contributed by atoms with Gasteiger partial charge in [-0.3, -0.25) is 0 Å². The zero-order valence-electron chi connectivity index (χ0n) is 20.3. The molecular formula is C29H45NO. The van der Waals surface area contributed by atoms with Gasteiger partial charge in [-0.15, -0.1) is 0 Å². The van der Waals surface area contributed by atoms with Crippen molar-refractivity contribution in [3.63, 3.8) is 0 Å². The van der Waals surface area contributed by atoms with Gasteiger partial charge >= 0.3 is 0 Å². The van der Waals surface area contributed by atoms with Crippen molar-refractivity contribution >= 4 is 0 Å². The van der Waals surface area contributed by atoms with Crippen molar-refractivity contribution in [3.8, 4) is 0 Å². The number of hydrogen-bond donors (Lipinski definition) is 2. The fraction of sp³-hybridized carbons (Fsp3) is 0.793. The summed E-state index contributed by atoms with van der Waals surface area (Å²) in [5.41, 5.74) is 1.52. The molecule has 4 aliphatic rings. The van der Waals surface area contributed by atoms with Gasteiger partial charge in [0.1, 0.15) is 0 Å². The van der Waals surface area contributed by atoms with Crippen LogP contribution in [0.2, 0.25) is 0 Å². The van der Waals surface area contributed by atoms with E-state index in [4.69, 9.17) is 0 Å². The Kier molecular flexibility index (Phi) is 5.79. The van der Waals surface area contributed by atoms with E-state index < -0.39 is 5.60 Å². The molecule has 4 saturated carbocycles. The summed E-state index contributed by atoms with van der Waals surface area (Å²) in [4.78, 5) is 0. The van der Waals surface area contributed by atoms with Crippen LogP contribution in [0.3, 0.4) is 0 Å². The summed E-state index contributed by atoms with van der Waals surface area (Å²) < 4.78 is 0. The number of aliphatic hydroxyl groups is 1. The molecule has 2 heteroatoms. The molecule has 2 N–H and O–H groups in total. The van der Waals surface area contributed by atoms with Crippen LogP contribution in [0.15, 0.2) is 30.3 Å². The van der Waals surface area contributed by atoms with E-state index in [1.807, 2.05) is 0 Å². The topological polar surface area (TPSA) is 32.3 Å². The summed E-state index contributed by atoms with van der Waals surface area (Å²) in [6.07, 6.45) is 11.9. The van der Waals surface area contributed by atoms with E-state index in [0.29, 0.717) is 17.5 Å². The molecule has 1 aromatic carbocycles. The maximum absolute atomic E-state index is 10.6. The van der Waals surface area contributed by atoms with Gasteiger partial charge in [-0.1, -0.05) is 37.3 Å². The second kappa shape index (κ2) is 8.17. The Bertz CT molecular complexity index is 759. The normalized spacial score (nSPS) is 46.5. The smallest absolute Gasteiger partial charge is 0.0622 e. The molecule has 1 aromatic rings. The second-order valence-electron chi connectivity index (χ2n) is 12.5. The molecule has 0 bridgehead atoms. The third kappa shape index (κ3) is 3.90. The molecule has 0 unspecified atom stereocenters. The second-order valence-corrected chi connectivity index (χ2v) is 12.5. The van der Waals surface area contributed by atoms with Crippen LogP contribution in [0.4, 0.5) is 0 Å². The minimum Gasteiger partial charge on any atom is -0.390 e. The standard InChI is InChI=1S/C29H45NO/c1-19(21-8-6-5-7-9-21)30-20(2)26-12-13-27-25-11-10-22-18-28(3,31)16-14-23(22)24(25)15-17-29(26,27)4/h5-9,19-20,22-27,30-31H,10-18H2,1-4H3/t19-,20-,22-,23+,24-,25-,26-,27+,28-,29-/m1/s1. The van der Waals surface area contributed by atoms with Crippen LogP contribution in [0.5, 0.6) is 0 Å². The van der Waals surface area contributed by atoms with Gasteiger partial charge < -0.3 is 10.4 Å². The molecule has 0 heterocycles. The Morgan fingerprint density at radius 2 is 1.61 bits per heavy atom. The summed E-state index contributed by atoms with van der Waals surface area (Å²) >= 11 is 0. The first kappa shape index (κ1) is 22.0. The van der Waals surface area contributed by atoms with Crippen LogP contribution in [0, 0.1) is 40.9 Å². The molecule has 31 heavy (non-hydrogen) atoms. The van der Waals surface area contributed by atoms with Gasteiger partial charge in [0.2, 0.25) is 0 Å². The van der Waals surface area contributed by atoms with Gasteiger partial charge in [-0.25, -0.2) is 0 Å². The molecule has 0 amide bonds. The Morgan fingerprint density at radius 3 is 2.39 bits per heavy atom. The van der Waals surface area contributed by atoms with E-state index in [1.54, 1.807) is 0 Å². The monoisotopic (exact) mass is 423 g/mol. The van der Waals surface area contributed by atoms with E-state index >= 15 is 0 Å². The molecule has 10 atom stereocenters. The first-order valence-corrected chi connectivity index (χ1v) is 13.3. The van der Waals surface area contributed by atoms with E-state index in [9.17, 15) is 5.11 Å². The average molecular weight is 424 g/mol. The summed E-state index contributed by atoms with van der Waals surface area (Å²) in [6.45, 7) is 9.54. The first-order chi connectivity index (χ1) is 14.8. The lowest BCUT2D eigenvalue weighted by molar-refractivity contribution is -0.101. The molecule has 172 valence electrons. The maximum Gasteiger partial charge on any atom is 0.0622 e. The molecule has 0 saturated heterocycles. The molecule has 5 rings (SSSR count). The minimum absolute atomic E-state index is 0.397. The minimum atomic E-state index is -0.397. The van der Waals surface area contributed by atoms with Crippen molar-refractivity contribution in [1.29, 1.82) is 0 Å². The van der Waals surface area contributed by atoms with E-state index in [2.05, 4.69) is 63.3 Å². The molecule has 4 fully saturated rings. The van der Waals surface area contributed by atoms with Gasteiger partial charge in [0, 0.05) is 12.1 Å². The molecule has 0 spiro atoms. The van der Waals surface area contributed by atoms with Gasteiger partial charge in [0.15, 0.2) is 0 Å². The maximum atomic E-state index is 10.6. The third-order valence-electron chi connectivity index (χ3n) is 10.7. The number of rotatable bonds is 4. The highest BCUT2D eigenvalue weighted by molar-refractivity contribution is 5.18.